The van der Waals surface area contributed by atoms with E-state index in [0.717, 1.165) is 44.9 Å². The zero-order chi connectivity index (χ0) is 36.1. The zero-order valence-electron chi connectivity index (χ0n) is 31.7. The Morgan fingerprint density at radius 3 is 1.47 bits per heavy atom. The number of phosphoric acid groups is 1. The molecule has 2 atom stereocenters. The summed E-state index contributed by atoms with van der Waals surface area (Å²) in [5.41, 5.74) is 5.33. The molecule has 2 unspecified atom stereocenters. The van der Waals surface area contributed by atoms with E-state index in [1.165, 1.54) is 116 Å². The number of hydrogen-bond acceptors (Lipinski definition) is 8. The van der Waals surface area contributed by atoms with Gasteiger partial charge in [-0.2, -0.15) is 0 Å². The summed E-state index contributed by atoms with van der Waals surface area (Å²) in [4.78, 5) is 34.7. The SMILES string of the molecule is CCCCCCCCCCC=CCCCCCC(=O)OC(COC(=O)CCCCCCCCCCCCCCC)COP(=O)(O)OCCN. The van der Waals surface area contributed by atoms with E-state index in [-0.39, 0.29) is 38.6 Å². The summed E-state index contributed by atoms with van der Waals surface area (Å²) in [6, 6.07) is 0. The normalized spacial score (nSPS) is 13.5. The highest BCUT2D eigenvalue weighted by molar-refractivity contribution is 7.47. The molecule has 0 aromatic heterocycles. The van der Waals surface area contributed by atoms with Crippen LogP contribution in [0.25, 0.3) is 0 Å². The Balaban J connectivity index is 4.20. The quantitative estimate of drug-likeness (QED) is 0.0277. The molecule has 0 aromatic rings. The molecule has 0 bridgehead atoms. The van der Waals surface area contributed by atoms with Gasteiger partial charge < -0.3 is 20.1 Å². The molecule has 0 aliphatic heterocycles. The number of hydrogen-bond donors (Lipinski definition) is 2. The van der Waals surface area contributed by atoms with Gasteiger partial charge >= 0.3 is 19.8 Å². The van der Waals surface area contributed by atoms with Crippen molar-refractivity contribution < 1.29 is 37.6 Å². The van der Waals surface area contributed by atoms with Crippen molar-refractivity contribution in [3.63, 3.8) is 0 Å². The van der Waals surface area contributed by atoms with Crippen molar-refractivity contribution in [1.29, 1.82) is 0 Å². The molecule has 9 nitrogen and oxygen atoms in total. The Labute approximate surface area is 300 Å². The van der Waals surface area contributed by atoms with Crippen LogP contribution in [0.1, 0.15) is 194 Å². The lowest BCUT2D eigenvalue weighted by Gasteiger charge is -2.19. The van der Waals surface area contributed by atoms with Crippen molar-refractivity contribution in [3.8, 4) is 0 Å². The maximum absolute atomic E-state index is 12.5. The average Bonchev–Trinajstić information content (AvgIpc) is 3.08. The van der Waals surface area contributed by atoms with Crippen LogP contribution in [0.2, 0.25) is 0 Å². The first-order valence-electron chi connectivity index (χ1n) is 20.2. The van der Waals surface area contributed by atoms with Crippen LogP contribution in [0.15, 0.2) is 12.2 Å². The topological polar surface area (TPSA) is 134 Å². The summed E-state index contributed by atoms with van der Waals surface area (Å²) in [6.45, 7) is 3.72. The number of unbranched alkanes of at least 4 members (excludes halogenated alkanes) is 23. The maximum Gasteiger partial charge on any atom is 0.472 e. The smallest absolute Gasteiger partial charge is 0.462 e. The standard InChI is InChI=1S/C39H76NO8P/c1-3-5-7-9-11-13-15-17-18-20-22-24-26-28-30-32-39(42)48-37(36-47-49(43,44)46-34-33-40)35-45-38(41)31-29-27-25-23-21-19-16-14-12-10-8-6-4-2/h20,22,37H,3-19,21,23-36,40H2,1-2H3,(H,43,44). The van der Waals surface area contributed by atoms with E-state index in [1.54, 1.807) is 0 Å². The van der Waals surface area contributed by atoms with E-state index in [9.17, 15) is 19.0 Å². The number of esters is 2. The molecule has 0 spiro atoms. The monoisotopic (exact) mass is 718 g/mol. The van der Waals surface area contributed by atoms with E-state index < -0.39 is 26.5 Å². The average molecular weight is 718 g/mol. The van der Waals surface area contributed by atoms with Crippen molar-refractivity contribution in [2.75, 3.05) is 26.4 Å². The van der Waals surface area contributed by atoms with Gasteiger partial charge in [-0.15, -0.1) is 0 Å². The van der Waals surface area contributed by atoms with Crippen LogP contribution in [0.3, 0.4) is 0 Å². The van der Waals surface area contributed by atoms with Crippen molar-refractivity contribution in [2.45, 2.75) is 200 Å². The van der Waals surface area contributed by atoms with Gasteiger partial charge in [-0.1, -0.05) is 154 Å². The van der Waals surface area contributed by atoms with E-state index in [2.05, 4.69) is 26.0 Å². The third-order valence-electron chi connectivity index (χ3n) is 8.65. The molecule has 0 radical (unpaired) electrons. The third kappa shape index (κ3) is 36.3. The highest BCUT2D eigenvalue weighted by Crippen LogP contribution is 2.43. The van der Waals surface area contributed by atoms with Gasteiger partial charge in [-0.25, -0.2) is 4.57 Å². The van der Waals surface area contributed by atoms with Gasteiger partial charge in [0.05, 0.1) is 13.2 Å². The number of ether oxygens (including phenoxy) is 2. The van der Waals surface area contributed by atoms with E-state index in [4.69, 9.17) is 24.3 Å². The van der Waals surface area contributed by atoms with Gasteiger partial charge in [-0.05, 0) is 38.5 Å². The molecule has 49 heavy (non-hydrogen) atoms. The van der Waals surface area contributed by atoms with Crippen LogP contribution in [-0.2, 0) is 32.7 Å². The van der Waals surface area contributed by atoms with E-state index >= 15 is 0 Å². The fraction of sp³-hybridized carbons (Fsp3) is 0.897. The summed E-state index contributed by atoms with van der Waals surface area (Å²) in [7, 11) is -4.37. The van der Waals surface area contributed by atoms with Crippen molar-refractivity contribution in [2.24, 2.45) is 5.73 Å². The molecule has 3 N–H and O–H groups in total. The van der Waals surface area contributed by atoms with Crippen molar-refractivity contribution in [3.05, 3.63) is 12.2 Å². The number of carbonyl (C=O) groups is 2. The number of rotatable bonds is 38. The molecule has 0 saturated heterocycles. The fourth-order valence-corrected chi connectivity index (χ4v) is 6.39. The molecular formula is C39H76NO8P. The fourth-order valence-electron chi connectivity index (χ4n) is 5.63. The Kier molecular flexibility index (Phi) is 35.6. The molecule has 0 amide bonds. The first kappa shape index (κ1) is 47.8. The molecule has 0 aliphatic rings. The molecular weight excluding hydrogens is 641 g/mol. The third-order valence-corrected chi connectivity index (χ3v) is 9.64. The second-order valence-corrected chi connectivity index (χ2v) is 15.0. The Bertz CT molecular complexity index is 825. The van der Waals surface area contributed by atoms with Crippen LogP contribution in [-0.4, -0.2) is 49.3 Å². The van der Waals surface area contributed by atoms with Gasteiger partial charge in [0.15, 0.2) is 6.10 Å². The van der Waals surface area contributed by atoms with Gasteiger partial charge in [0.1, 0.15) is 6.61 Å². The molecule has 0 heterocycles. The molecule has 10 heteroatoms. The predicted octanol–water partition coefficient (Wildman–Crippen LogP) is 11.1. The molecule has 0 fully saturated rings. The Morgan fingerprint density at radius 2 is 1.00 bits per heavy atom. The van der Waals surface area contributed by atoms with Gasteiger partial charge in [0, 0.05) is 19.4 Å². The lowest BCUT2D eigenvalue weighted by Crippen LogP contribution is -2.29. The van der Waals surface area contributed by atoms with Crippen LogP contribution in [0.5, 0.6) is 0 Å². The second-order valence-electron chi connectivity index (χ2n) is 13.5. The number of allylic oxidation sites excluding steroid dienone is 2. The maximum atomic E-state index is 12.5. The van der Waals surface area contributed by atoms with Crippen molar-refractivity contribution in [1.82, 2.24) is 0 Å². The van der Waals surface area contributed by atoms with E-state index in [0.29, 0.717) is 6.42 Å². The van der Waals surface area contributed by atoms with Crippen LogP contribution in [0.4, 0.5) is 0 Å². The highest BCUT2D eigenvalue weighted by atomic mass is 31.2. The lowest BCUT2D eigenvalue weighted by atomic mass is 10.0. The number of phosphoric ester groups is 1. The Morgan fingerprint density at radius 1 is 0.592 bits per heavy atom. The van der Waals surface area contributed by atoms with Gasteiger partial charge in [0.2, 0.25) is 0 Å². The largest absolute Gasteiger partial charge is 0.472 e. The Hall–Kier alpha value is -1.25. The van der Waals surface area contributed by atoms with E-state index in [1.807, 2.05) is 0 Å². The molecule has 0 saturated carbocycles. The number of nitrogens with two attached hydrogens (primary N) is 1. The first-order chi connectivity index (χ1) is 23.8. The highest BCUT2D eigenvalue weighted by Gasteiger charge is 2.25. The minimum absolute atomic E-state index is 0.0537. The molecule has 0 aliphatic carbocycles. The minimum Gasteiger partial charge on any atom is -0.462 e. The first-order valence-corrected chi connectivity index (χ1v) is 21.7. The zero-order valence-corrected chi connectivity index (χ0v) is 32.6. The molecule has 0 rings (SSSR count). The molecule has 290 valence electrons. The summed E-state index contributed by atoms with van der Waals surface area (Å²) >= 11 is 0. The number of carbonyl (C=O) groups excluding carboxylic acids is 2. The predicted molar refractivity (Wildman–Crippen MR) is 201 cm³/mol. The lowest BCUT2D eigenvalue weighted by molar-refractivity contribution is -0.161. The van der Waals surface area contributed by atoms with Crippen molar-refractivity contribution >= 4 is 19.8 Å². The summed E-state index contributed by atoms with van der Waals surface area (Å²) < 4.78 is 32.7. The summed E-state index contributed by atoms with van der Waals surface area (Å²) in [5.74, 6) is -0.840. The van der Waals surface area contributed by atoms with Crippen LogP contribution >= 0.6 is 7.82 Å². The summed E-state index contributed by atoms with van der Waals surface area (Å²) in [5, 5.41) is 0. The van der Waals surface area contributed by atoms with Gasteiger partial charge in [-0.3, -0.25) is 18.6 Å². The summed E-state index contributed by atoms with van der Waals surface area (Å²) in [6.07, 6.45) is 35.2. The second kappa shape index (κ2) is 36.5. The van der Waals surface area contributed by atoms with Crippen LogP contribution < -0.4 is 5.73 Å². The molecule has 0 aromatic carbocycles. The minimum atomic E-state index is -4.37. The van der Waals surface area contributed by atoms with Crippen LogP contribution in [0, 0.1) is 0 Å². The van der Waals surface area contributed by atoms with Gasteiger partial charge in [0.25, 0.3) is 0 Å².